The summed E-state index contributed by atoms with van der Waals surface area (Å²) in [4.78, 5) is 20.1. The molecular formula is C29H24FN5O3. The summed E-state index contributed by atoms with van der Waals surface area (Å²) >= 11 is 0. The van der Waals surface area contributed by atoms with Crippen molar-refractivity contribution in [3.05, 3.63) is 90.2 Å². The van der Waals surface area contributed by atoms with Crippen molar-refractivity contribution in [1.82, 2.24) is 14.5 Å². The molecule has 2 aromatic heterocycles. The molecule has 0 aliphatic rings. The molecule has 0 unspecified atom stereocenters. The molecule has 9 heteroatoms. The van der Waals surface area contributed by atoms with E-state index in [4.69, 9.17) is 10.7 Å². The molecule has 0 fully saturated rings. The average Bonchev–Trinajstić information content (AvgIpc) is 3.50. The number of carbonyl (C=O) groups is 1. The van der Waals surface area contributed by atoms with E-state index in [0.717, 1.165) is 33.1 Å². The van der Waals surface area contributed by atoms with E-state index in [9.17, 15) is 19.4 Å². The molecule has 0 aliphatic carbocycles. The van der Waals surface area contributed by atoms with Crippen LogP contribution in [0, 0.1) is 5.82 Å². The van der Waals surface area contributed by atoms with Crippen LogP contribution in [0.2, 0.25) is 0 Å². The number of primary amides is 1. The van der Waals surface area contributed by atoms with Gasteiger partial charge in [-0.3, -0.25) is 4.79 Å². The predicted molar refractivity (Wildman–Crippen MR) is 146 cm³/mol. The zero-order chi connectivity index (χ0) is 26.4. The number of hydrogen-bond acceptors (Lipinski definition) is 5. The highest BCUT2D eigenvalue weighted by Crippen LogP contribution is 2.38. The number of carbonyl (C=O) groups excluding carboxylic acids is 1. The molecular weight excluding hydrogens is 485 g/mol. The lowest BCUT2D eigenvalue weighted by atomic mass is 10.1. The number of benzene rings is 4. The number of aliphatic hydroxyl groups excluding tert-OH is 2. The molecule has 6 aromatic rings. The minimum absolute atomic E-state index is 0.247. The maximum atomic E-state index is 13.8. The molecule has 0 saturated heterocycles. The van der Waals surface area contributed by atoms with Crippen LogP contribution in [0.1, 0.15) is 10.4 Å². The fourth-order valence-corrected chi connectivity index (χ4v) is 4.98. The number of imidazole rings is 1. The summed E-state index contributed by atoms with van der Waals surface area (Å²) in [6.07, 6.45) is 0. The first-order chi connectivity index (χ1) is 18.5. The fraction of sp³-hybridized carbons (Fsp3) is 0.103. The van der Waals surface area contributed by atoms with E-state index in [2.05, 4.69) is 14.9 Å². The Morgan fingerprint density at radius 3 is 2.58 bits per heavy atom. The van der Waals surface area contributed by atoms with Gasteiger partial charge in [0.2, 0.25) is 0 Å². The number of fused-ring (bicyclic) bond motifs is 4. The van der Waals surface area contributed by atoms with Crippen LogP contribution in [0.3, 0.4) is 0 Å². The molecule has 0 radical (unpaired) electrons. The second-order valence-corrected chi connectivity index (χ2v) is 9.10. The number of hydrogen-bond donors (Lipinski definition) is 5. The molecule has 190 valence electrons. The topological polar surface area (TPSA) is 129 Å². The molecule has 1 amide bonds. The zero-order valence-corrected chi connectivity index (χ0v) is 20.1. The normalized spacial score (nSPS) is 11.7. The summed E-state index contributed by atoms with van der Waals surface area (Å²) in [6, 6.07) is 22.9. The van der Waals surface area contributed by atoms with Gasteiger partial charge in [-0.1, -0.05) is 30.3 Å². The zero-order valence-electron chi connectivity index (χ0n) is 20.1. The van der Waals surface area contributed by atoms with E-state index in [0.29, 0.717) is 22.5 Å². The Hall–Kier alpha value is -4.73. The maximum absolute atomic E-state index is 13.8. The van der Waals surface area contributed by atoms with Crippen LogP contribution >= 0.6 is 0 Å². The summed E-state index contributed by atoms with van der Waals surface area (Å²) < 4.78 is 15.9. The molecule has 38 heavy (non-hydrogen) atoms. The SMILES string of the molecule is NC(=O)c1ccc(-n2c3ccccc3c3c(-c4nc5ccc(F)cc5[nH]4)cccc32)cc1NC(CO)CO. The highest BCUT2D eigenvalue weighted by atomic mass is 19.1. The van der Waals surface area contributed by atoms with Crippen LogP contribution in [0.5, 0.6) is 0 Å². The van der Waals surface area contributed by atoms with E-state index < -0.39 is 11.9 Å². The Morgan fingerprint density at radius 1 is 1.00 bits per heavy atom. The first-order valence-electron chi connectivity index (χ1n) is 12.1. The Labute approximate surface area is 216 Å². The Kier molecular flexibility index (Phi) is 5.79. The molecule has 8 nitrogen and oxygen atoms in total. The van der Waals surface area contributed by atoms with E-state index in [1.807, 2.05) is 42.5 Å². The van der Waals surface area contributed by atoms with Crippen LogP contribution in [0.25, 0.3) is 49.9 Å². The summed E-state index contributed by atoms with van der Waals surface area (Å²) in [5.41, 5.74) is 11.0. The number of halogens is 1. The van der Waals surface area contributed by atoms with Gasteiger partial charge in [-0.25, -0.2) is 9.37 Å². The number of para-hydroxylation sites is 1. The number of aromatic nitrogens is 3. The van der Waals surface area contributed by atoms with E-state index >= 15 is 0 Å². The molecule has 2 heterocycles. The lowest BCUT2D eigenvalue weighted by Crippen LogP contribution is -2.29. The Morgan fingerprint density at radius 2 is 1.79 bits per heavy atom. The average molecular weight is 510 g/mol. The monoisotopic (exact) mass is 509 g/mol. The van der Waals surface area contributed by atoms with Crippen molar-refractivity contribution in [1.29, 1.82) is 0 Å². The van der Waals surface area contributed by atoms with Gasteiger partial charge in [-0.15, -0.1) is 0 Å². The van der Waals surface area contributed by atoms with Gasteiger partial charge in [-0.05, 0) is 48.5 Å². The molecule has 6 N–H and O–H groups in total. The van der Waals surface area contributed by atoms with Crippen molar-refractivity contribution < 1.29 is 19.4 Å². The number of nitrogens with zero attached hydrogens (tertiary/aromatic N) is 2. The standard InChI is InChI=1S/C29H24FN5O3/c30-16-8-11-22-24(12-16)34-29(33-22)21-5-3-7-26-27(21)20-4-1-2-6-25(20)35(26)18-9-10-19(28(31)38)23(13-18)32-17(14-36)15-37/h1-13,17,32,36-37H,14-15H2,(H2,31,38)(H,33,34). The minimum atomic E-state index is -0.661. The van der Waals surface area contributed by atoms with Gasteiger partial charge >= 0.3 is 0 Å². The van der Waals surface area contributed by atoms with Gasteiger partial charge in [0.1, 0.15) is 11.6 Å². The highest BCUT2D eigenvalue weighted by Gasteiger charge is 2.20. The number of anilines is 1. The molecule has 0 bridgehead atoms. The van der Waals surface area contributed by atoms with E-state index in [-0.39, 0.29) is 24.6 Å². The summed E-state index contributed by atoms with van der Waals surface area (Å²) in [7, 11) is 0. The largest absolute Gasteiger partial charge is 0.394 e. The van der Waals surface area contributed by atoms with Crippen LogP contribution in [-0.2, 0) is 0 Å². The van der Waals surface area contributed by atoms with Crippen molar-refractivity contribution in [3.8, 4) is 17.1 Å². The molecule has 0 atom stereocenters. The summed E-state index contributed by atoms with van der Waals surface area (Å²) in [5, 5.41) is 24.1. The smallest absolute Gasteiger partial charge is 0.250 e. The maximum Gasteiger partial charge on any atom is 0.250 e. The number of amides is 1. The first-order valence-corrected chi connectivity index (χ1v) is 12.1. The number of aromatic amines is 1. The van der Waals surface area contributed by atoms with Crippen molar-refractivity contribution in [2.24, 2.45) is 5.73 Å². The third-order valence-corrected chi connectivity index (χ3v) is 6.72. The molecule has 0 aliphatic heterocycles. The second kappa shape index (κ2) is 9.29. The number of aliphatic hydroxyl groups is 2. The van der Waals surface area contributed by atoms with E-state index in [1.165, 1.54) is 12.1 Å². The number of H-pyrrole nitrogens is 1. The summed E-state index contributed by atoms with van der Waals surface area (Å²) in [6.45, 7) is -0.641. The Bertz CT molecular complexity index is 1840. The number of nitrogens with two attached hydrogens (primary N) is 1. The Balaban J connectivity index is 1.60. The van der Waals surface area contributed by atoms with Gasteiger partial charge in [0.25, 0.3) is 5.91 Å². The van der Waals surface area contributed by atoms with Gasteiger partial charge in [-0.2, -0.15) is 0 Å². The van der Waals surface area contributed by atoms with Crippen LogP contribution in [0.4, 0.5) is 10.1 Å². The lowest BCUT2D eigenvalue weighted by Gasteiger charge is -2.19. The third-order valence-electron chi connectivity index (χ3n) is 6.72. The van der Waals surface area contributed by atoms with Crippen molar-refractivity contribution in [3.63, 3.8) is 0 Å². The van der Waals surface area contributed by atoms with Gasteiger partial charge in [0.05, 0.1) is 46.9 Å². The fourth-order valence-electron chi connectivity index (χ4n) is 4.98. The van der Waals surface area contributed by atoms with Gasteiger partial charge < -0.3 is 30.8 Å². The predicted octanol–water partition coefficient (Wildman–Crippen LogP) is 4.33. The molecule has 0 spiro atoms. The third kappa shape index (κ3) is 3.85. The molecule has 6 rings (SSSR count). The van der Waals surface area contributed by atoms with Crippen molar-refractivity contribution >= 4 is 44.4 Å². The van der Waals surface area contributed by atoms with Crippen LogP contribution < -0.4 is 11.1 Å². The lowest BCUT2D eigenvalue weighted by molar-refractivity contribution is 0.100. The molecule has 0 saturated carbocycles. The molecule has 4 aromatic carbocycles. The first kappa shape index (κ1) is 23.7. The van der Waals surface area contributed by atoms with Crippen LogP contribution in [-0.4, -0.2) is 49.9 Å². The van der Waals surface area contributed by atoms with Crippen LogP contribution in [0.15, 0.2) is 78.9 Å². The van der Waals surface area contributed by atoms with Crippen molar-refractivity contribution in [2.45, 2.75) is 6.04 Å². The van der Waals surface area contributed by atoms with Gasteiger partial charge in [0, 0.05) is 27.7 Å². The van der Waals surface area contributed by atoms with E-state index in [1.54, 1.807) is 24.3 Å². The highest BCUT2D eigenvalue weighted by molar-refractivity contribution is 6.15. The second-order valence-electron chi connectivity index (χ2n) is 9.10. The minimum Gasteiger partial charge on any atom is -0.394 e. The number of nitrogens with one attached hydrogen (secondary N) is 2. The number of rotatable bonds is 7. The summed E-state index contributed by atoms with van der Waals surface area (Å²) in [5.74, 6) is -0.338. The quantitative estimate of drug-likeness (QED) is 0.219. The van der Waals surface area contributed by atoms with Crippen molar-refractivity contribution in [2.75, 3.05) is 18.5 Å². The van der Waals surface area contributed by atoms with Gasteiger partial charge in [0.15, 0.2) is 0 Å².